The molecule has 0 unspecified atom stereocenters. The maximum Gasteiger partial charge on any atom is 0.209 e. The topological polar surface area (TPSA) is 47.5 Å². The Morgan fingerprint density at radius 1 is 1.28 bits per heavy atom. The van der Waals surface area contributed by atoms with Crippen LogP contribution >= 0.6 is 23.1 Å². The molecule has 0 spiro atoms. The maximum absolute atomic E-state index is 5.61. The van der Waals surface area contributed by atoms with E-state index in [9.17, 15) is 0 Å². The molecular formula is C11H17N3O2S2. The molecule has 0 N–H and O–H groups in total. The van der Waals surface area contributed by atoms with Crippen LogP contribution in [-0.2, 0) is 9.47 Å². The summed E-state index contributed by atoms with van der Waals surface area (Å²) in [5.41, 5.74) is 0. The van der Waals surface area contributed by atoms with Crippen LogP contribution < -0.4 is 4.90 Å². The van der Waals surface area contributed by atoms with E-state index >= 15 is 0 Å². The Bertz CT molecular complexity index is 376. The fraction of sp³-hybridized carbons (Fsp3) is 0.818. The van der Waals surface area contributed by atoms with E-state index in [1.807, 2.05) is 0 Å². The molecule has 0 radical (unpaired) electrons. The highest BCUT2D eigenvalue weighted by Gasteiger charge is 2.19. The van der Waals surface area contributed by atoms with Gasteiger partial charge in [0.05, 0.1) is 19.3 Å². The van der Waals surface area contributed by atoms with Crippen LogP contribution in [0, 0.1) is 0 Å². The van der Waals surface area contributed by atoms with Crippen molar-refractivity contribution < 1.29 is 9.47 Å². The van der Waals surface area contributed by atoms with Gasteiger partial charge in [-0.15, -0.1) is 10.2 Å². The highest BCUT2D eigenvalue weighted by molar-refractivity contribution is 8.01. The summed E-state index contributed by atoms with van der Waals surface area (Å²) in [6.45, 7) is 4.34. The number of aromatic nitrogens is 2. The average Bonchev–Trinajstić information content (AvgIpc) is 3.09. The molecule has 18 heavy (non-hydrogen) atoms. The van der Waals surface area contributed by atoms with E-state index in [4.69, 9.17) is 9.47 Å². The van der Waals surface area contributed by atoms with Gasteiger partial charge in [-0.1, -0.05) is 23.1 Å². The fourth-order valence-electron chi connectivity index (χ4n) is 2.08. The van der Waals surface area contributed by atoms with Gasteiger partial charge in [-0.25, -0.2) is 0 Å². The predicted molar refractivity (Wildman–Crippen MR) is 72.6 cm³/mol. The lowest BCUT2D eigenvalue weighted by atomic mass is 10.3. The van der Waals surface area contributed by atoms with Crippen molar-refractivity contribution in [3.05, 3.63) is 0 Å². The molecule has 0 amide bonds. The van der Waals surface area contributed by atoms with E-state index < -0.39 is 0 Å². The number of rotatable bonds is 4. The van der Waals surface area contributed by atoms with E-state index in [0.717, 1.165) is 48.1 Å². The van der Waals surface area contributed by atoms with Gasteiger partial charge in [0, 0.05) is 25.4 Å². The summed E-state index contributed by atoms with van der Waals surface area (Å²) in [6, 6.07) is 0. The molecule has 3 heterocycles. The monoisotopic (exact) mass is 287 g/mol. The molecule has 2 aliphatic rings. The van der Waals surface area contributed by atoms with Gasteiger partial charge in [0.1, 0.15) is 0 Å². The van der Waals surface area contributed by atoms with Crippen molar-refractivity contribution in [2.75, 3.05) is 43.6 Å². The molecule has 1 atom stereocenters. The van der Waals surface area contributed by atoms with E-state index in [0.29, 0.717) is 6.10 Å². The third-order valence-electron chi connectivity index (χ3n) is 3.09. The summed E-state index contributed by atoms with van der Waals surface area (Å²) < 4.78 is 12.0. The smallest absolute Gasteiger partial charge is 0.209 e. The summed E-state index contributed by atoms with van der Waals surface area (Å²) in [4.78, 5) is 2.25. The zero-order valence-electron chi connectivity index (χ0n) is 10.2. The van der Waals surface area contributed by atoms with Crippen molar-refractivity contribution in [1.29, 1.82) is 0 Å². The molecular weight excluding hydrogens is 270 g/mol. The van der Waals surface area contributed by atoms with Gasteiger partial charge < -0.3 is 14.4 Å². The SMILES string of the molecule is C1CO[C@@H](CSc2nnc(N3CCOCC3)s2)C1. The van der Waals surface area contributed by atoms with Crippen molar-refractivity contribution in [2.45, 2.75) is 23.3 Å². The molecule has 2 saturated heterocycles. The van der Waals surface area contributed by atoms with Crippen molar-refractivity contribution in [3.8, 4) is 0 Å². The second-order valence-electron chi connectivity index (χ2n) is 4.40. The summed E-state index contributed by atoms with van der Waals surface area (Å²) in [5.74, 6) is 0.998. The van der Waals surface area contributed by atoms with Crippen LogP contribution in [0.1, 0.15) is 12.8 Å². The Morgan fingerprint density at radius 2 is 2.17 bits per heavy atom. The van der Waals surface area contributed by atoms with Crippen LogP contribution in [0.4, 0.5) is 5.13 Å². The largest absolute Gasteiger partial charge is 0.378 e. The van der Waals surface area contributed by atoms with Crippen molar-refractivity contribution in [3.63, 3.8) is 0 Å². The first kappa shape index (κ1) is 12.7. The van der Waals surface area contributed by atoms with Gasteiger partial charge in [0.25, 0.3) is 0 Å². The zero-order chi connectivity index (χ0) is 12.2. The summed E-state index contributed by atoms with van der Waals surface area (Å²) in [6.07, 6.45) is 2.79. The Morgan fingerprint density at radius 3 is 2.94 bits per heavy atom. The van der Waals surface area contributed by atoms with Gasteiger partial charge in [0.2, 0.25) is 5.13 Å². The van der Waals surface area contributed by atoms with Gasteiger partial charge in [-0.3, -0.25) is 0 Å². The lowest BCUT2D eigenvalue weighted by molar-refractivity contribution is 0.122. The minimum atomic E-state index is 0.408. The number of nitrogens with zero attached hydrogens (tertiary/aromatic N) is 3. The second-order valence-corrected chi connectivity index (χ2v) is 6.62. The Hall–Kier alpha value is -0.370. The minimum Gasteiger partial charge on any atom is -0.378 e. The first-order valence-electron chi connectivity index (χ1n) is 6.32. The lowest BCUT2D eigenvalue weighted by Gasteiger charge is -2.25. The highest BCUT2D eigenvalue weighted by atomic mass is 32.2. The zero-order valence-corrected chi connectivity index (χ0v) is 11.8. The fourth-order valence-corrected chi connectivity index (χ4v) is 4.07. The molecule has 7 heteroatoms. The summed E-state index contributed by atoms with van der Waals surface area (Å²) in [7, 11) is 0. The van der Waals surface area contributed by atoms with Crippen LogP contribution in [0.15, 0.2) is 4.34 Å². The molecule has 3 rings (SSSR count). The minimum absolute atomic E-state index is 0.408. The van der Waals surface area contributed by atoms with E-state index in [2.05, 4.69) is 15.1 Å². The molecule has 0 bridgehead atoms. The van der Waals surface area contributed by atoms with Crippen molar-refractivity contribution in [2.24, 2.45) is 0 Å². The maximum atomic E-state index is 5.61. The third-order valence-corrected chi connectivity index (χ3v) is 5.34. The quantitative estimate of drug-likeness (QED) is 0.785. The molecule has 0 aromatic carbocycles. The van der Waals surface area contributed by atoms with Gasteiger partial charge in [0.15, 0.2) is 4.34 Å². The average molecular weight is 287 g/mol. The lowest BCUT2D eigenvalue weighted by Crippen LogP contribution is -2.36. The van der Waals surface area contributed by atoms with Crippen LogP contribution in [0.5, 0.6) is 0 Å². The number of hydrogen-bond donors (Lipinski definition) is 0. The highest BCUT2D eigenvalue weighted by Crippen LogP contribution is 2.30. The van der Waals surface area contributed by atoms with E-state index in [1.54, 1.807) is 23.1 Å². The molecule has 100 valence electrons. The second kappa shape index (κ2) is 6.18. The van der Waals surface area contributed by atoms with Gasteiger partial charge in [-0.05, 0) is 12.8 Å². The molecule has 1 aromatic heterocycles. The van der Waals surface area contributed by atoms with Crippen LogP contribution in [0.2, 0.25) is 0 Å². The normalized spacial score (nSPS) is 24.7. The van der Waals surface area contributed by atoms with E-state index in [1.165, 1.54) is 12.8 Å². The number of morpholine rings is 1. The van der Waals surface area contributed by atoms with Crippen molar-refractivity contribution >= 4 is 28.2 Å². The van der Waals surface area contributed by atoms with Gasteiger partial charge >= 0.3 is 0 Å². The standard InChI is InChI=1S/C11H17N3O2S2/c1-2-9(16-5-1)8-17-11-13-12-10(18-11)14-3-6-15-7-4-14/h9H,1-8H2/t9-/m1/s1. The number of anilines is 1. The third kappa shape index (κ3) is 3.14. The molecule has 0 aliphatic carbocycles. The van der Waals surface area contributed by atoms with Crippen LogP contribution in [-0.4, -0.2) is 55.0 Å². The van der Waals surface area contributed by atoms with Crippen molar-refractivity contribution in [1.82, 2.24) is 10.2 Å². The Labute approximate surface area is 115 Å². The van der Waals surface area contributed by atoms with Crippen LogP contribution in [0.25, 0.3) is 0 Å². The molecule has 2 fully saturated rings. The van der Waals surface area contributed by atoms with E-state index in [-0.39, 0.29) is 0 Å². The summed E-state index contributed by atoms with van der Waals surface area (Å²) in [5, 5.41) is 9.53. The molecule has 2 aliphatic heterocycles. The number of thioether (sulfide) groups is 1. The Kier molecular flexibility index (Phi) is 4.35. The Balaban J connectivity index is 1.52. The van der Waals surface area contributed by atoms with Gasteiger partial charge in [-0.2, -0.15) is 0 Å². The molecule has 5 nitrogen and oxygen atoms in total. The summed E-state index contributed by atoms with van der Waals surface area (Å²) >= 11 is 3.44. The first-order chi connectivity index (χ1) is 8.92. The molecule has 0 saturated carbocycles. The molecule has 1 aromatic rings. The first-order valence-corrected chi connectivity index (χ1v) is 8.12. The number of ether oxygens (including phenoxy) is 2. The predicted octanol–water partition coefficient (Wildman–Crippen LogP) is 1.65. The number of hydrogen-bond acceptors (Lipinski definition) is 7. The van der Waals surface area contributed by atoms with Crippen LogP contribution in [0.3, 0.4) is 0 Å².